The standard InChI is InChI=1S/C19H20FN3O/c1-3-24-17-10-4-14(5-11-17)12-21-19-22-13-18(23(19)2)15-6-8-16(20)9-7-15/h4-11,13H,3,12H2,1-2H3,(H,21,22). The lowest BCUT2D eigenvalue weighted by Crippen LogP contribution is -2.05. The van der Waals surface area contributed by atoms with Gasteiger partial charge in [0.15, 0.2) is 0 Å². The Morgan fingerprint density at radius 2 is 1.79 bits per heavy atom. The first-order chi connectivity index (χ1) is 11.7. The number of hydrogen-bond acceptors (Lipinski definition) is 3. The summed E-state index contributed by atoms with van der Waals surface area (Å²) in [7, 11) is 1.94. The third kappa shape index (κ3) is 3.56. The van der Waals surface area contributed by atoms with Gasteiger partial charge in [0.1, 0.15) is 11.6 Å². The molecule has 4 nitrogen and oxygen atoms in total. The Morgan fingerprint density at radius 1 is 1.08 bits per heavy atom. The maximum atomic E-state index is 13.0. The summed E-state index contributed by atoms with van der Waals surface area (Å²) in [5.74, 6) is 1.40. The van der Waals surface area contributed by atoms with E-state index in [2.05, 4.69) is 10.3 Å². The number of imidazole rings is 1. The summed E-state index contributed by atoms with van der Waals surface area (Å²) in [6.45, 7) is 3.30. The van der Waals surface area contributed by atoms with Gasteiger partial charge >= 0.3 is 0 Å². The molecule has 0 atom stereocenters. The largest absolute Gasteiger partial charge is 0.494 e. The van der Waals surface area contributed by atoms with Crippen LogP contribution >= 0.6 is 0 Å². The number of nitrogens with one attached hydrogen (secondary N) is 1. The number of aromatic nitrogens is 2. The Kier molecular flexibility index (Phi) is 4.79. The maximum Gasteiger partial charge on any atom is 0.203 e. The summed E-state index contributed by atoms with van der Waals surface area (Å²) in [5.41, 5.74) is 3.01. The summed E-state index contributed by atoms with van der Waals surface area (Å²) in [6.07, 6.45) is 1.79. The summed E-state index contributed by atoms with van der Waals surface area (Å²) in [4.78, 5) is 4.41. The van der Waals surface area contributed by atoms with E-state index >= 15 is 0 Å². The highest BCUT2D eigenvalue weighted by Gasteiger charge is 2.08. The number of hydrogen-bond donors (Lipinski definition) is 1. The average Bonchev–Trinajstić information content (AvgIpc) is 2.96. The second kappa shape index (κ2) is 7.17. The van der Waals surface area contributed by atoms with Gasteiger partial charge < -0.3 is 14.6 Å². The van der Waals surface area contributed by atoms with Crippen LogP contribution in [0.15, 0.2) is 54.7 Å². The van der Waals surface area contributed by atoms with E-state index in [-0.39, 0.29) is 5.82 Å². The molecule has 124 valence electrons. The highest BCUT2D eigenvalue weighted by atomic mass is 19.1. The molecule has 1 heterocycles. The molecule has 0 amide bonds. The molecule has 3 aromatic rings. The van der Waals surface area contributed by atoms with Crippen molar-refractivity contribution in [3.8, 4) is 17.0 Å². The van der Waals surface area contributed by atoms with E-state index in [4.69, 9.17) is 4.74 Å². The van der Waals surface area contributed by atoms with Gasteiger partial charge in [-0.05, 0) is 48.9 Å². The van der Waals surface area contributed by atoms with Crippen molar-refractivity contribution in [2.45, 2.75) is 13.5 Å². The first-order valence-corrected chi connectivity index (χ1v) is 7.90. The van der Waals surface area contributed by atoms with Crippen LogP contribution in [-0.2, 0) is 13.6 Å². The highest BCUT2D eigenvalue weighted by Crippen LogP contribution is 2.22. The zero-order valence-corrected chi connectivity index (χ0v) is 13.8. The molecule has 0 aliphatic rings. The van der Waals surface area contributed by atoms with Crippen LogP contribution in [0.3, 0.4) is 0 Å². The van der Waals surface area contributed by atoms with Crippen molar-refractivity contribution in [2.75, 3.05) is 11.9 Å². The van der Waals surface area contributed by atoms with Gasteiger partial charge in [0.05, 0.1) is 18.5 Å². The normalized spacial score (nSPS) is 10.6. The van der Waals surface area contributed by atoms with Gasteiger partial charge in [0.25, 0.3) is 0 Å². The third-order valence-corrected chi connectivity index (χ3v) is 3.81. The molecule has 2 aromatic carbocycles. The predicted octanol–water partition coefficient (Wildman–Crippen LogP) is 4.24. The number of halogens is 1. The fourth-order valence-electron chi connectivity index (χ4n) is 2.51. The lowest BCUT2D eigenvalue weighted by Gasteiger charge is -2.09. The van der Waals surface area contributed by atoms with Crippen LogP contribution in [0.1, 0.15) is 12.5 Å². The van der Waals surface area contributed by atoms with E-state index in [0.29, 0.717) is 13.2 Å². The average molecular weight is 325 g/mol. The highest BCUT2D eigenvalue weighted by molar-refractivity contribution is 5.61. The molecule has 5 heteroatoms. The minimum absolute atomic E-state index is 0.241. The lowest BCUT2D eigenvalue weighted by molar-refractivity contribution is 0.340. The van der Waals surface area contributed by atoms with Crippen LogP contribution in [-0.4, -0.2) is 16.2 Å². The van der Waals surface area contributed by atoms with Crippen LogP contribution in [0, 0.1) is 5.82 Å². The molecule has 0 saturated carbocycles. The summed E-state index contributed by atoms with van der Waals surface area (Å²) < 4.78 is 20.4. The van der Waals surface area contributed by atoms with Crippen molar-refractivity contribution in [3.05, 3.63) is 66.1 Å². The molecular formula is C19H20FN3O. The van der Waals surface area contributed by atoms with E-state index in [0.717, 1.165) is 28.5 Å². The smallest absolute Gasteiger partial charge is 0.203 e. The fourth-order valence-corrected chi connectivity index (χ4v) is 2.51. The summed E-state index contributed by atoms with van der Waals surface area (Å²) >= 11 is 0. The van der Waals surface area contributed by atoms with Gasteiger partial charge in [-0.15, -0.1) is 0 Å². The van der Waals surface area contributed by atoms with Gasteiger partial charge in [-0.3, -0.25) is 0 Å². The fraction of sp³-hybridized carbons (Fsp3) is 0.211. The van der Waals surface area contributed by atoms with Crippen LogP contribution < -0.4 is 10.1 Å². The van der Waals surface area contributed by atoms with Crippen molar-refractivity contribution in [1.29, 1.82) is 0 Å². The van der Waals surface area contributed by atoms with Crippen LogP contribution in [0.4, 0.5) is 10.3 Å². The Labute approximate surface area is 140 Å². The van der Waals surface area contributed by atoms with E-state index in [1.807, 2.05) is 42.8 Å². The minimum atomic E-state index is -0.241. The summed E-state index contributed by atoms with van der Waals surface area (Å²) in [6, 6.07) is 14.4. The Morgan fingerprint density at radius 3 is 2.46 bits per heavy atom. The molecule has 0 bridgehead atoms. The van der Waals surface area contributed by atoms with Crippen LogP contribution in [0.25, 0.3) is 11.3 Å². The number of nitrogens with zero attached hydrogens (tertiary/aromatic N) is 2. The van der Waals surface area contributed by atoms with E-state index in [1.165, 1.54) is 12.1 Å². The Balaban J connectivity index is 1.69. The minimum Gasteiger partial charge on any atom is -0.494 e. The number of ether oxygens (including phenoxy) is 1. The molecule has 0 aliphatic heterocycles. The van der Waals surface area contributed by atoms with Crippen molar-refractivity contribution in [1.82, 2.24) is 9.55 Å². The van der Waals surface area contributed by atoms with Crippen molar-refractivity contribution in [3.63, 3.8) is 0 Å². The molecule has 0 unspecified atom stereocenters. The Hall–Kier alpha value is -2.82. The topological polar surface area (TPSA) is 39.1 Å². The van der Waals surface area contributed by atoms with Crippen molar-refractivity contribution in [2.24, 2.45) is 7.05 Å². The SMILES string of the molecule is CCOc1ccc(CNc2ncc(-c3ccc(F)cc3)n2C)cc1. The van der Waals surface area contributed by atoms with Gasteiger partial charge in [-0.25, -0.2) is 9.37 Å². The van der Waals surface area contributed by atoms with Crippen LogP contribution in [0.5, 0.6) is 5.75 Å². The lowest BCUT2D eigenvalue weighted by atomic mass is 10.2. The van der Waals surface area contributed by atoms with Crippen molar-refractivity contribution < 1.29 is 9.13 Å². The molecule has 0 spiro atoms. The van der Waals surface area contributed by atoms with Crippen molar-refractivity contribution >= 4 is 5.95 Å². The third-order valence-electron chi connectivity index (χ3n) is 3.81. The van der Waals surface area contributed by atoms with Gasteiger partial charge in [-0.2, -0.15) is 0 Å². The quantitative estimate of drug-likeness (QED) is 0.737. The molecule has 0 aliphatic carbocycles. The monoisotopic (exact) mass is 325 g/mol. The number of anilines is 1. The van der Waals surface area contributed by atoms with Gasteiger partial charge in [-0.1, -0.05) is 12.1 Å². The molecule has 1 N–H and O–H groups in total. The molecule has 0 saturated heterocycles. The molecule has 0 fully saturated rings. The number of benzene rings is 2. The molecular weight excluding hydrogens is 305 g/mol. The molecule has 0 radical (unpaired) electrons. The van der Waals surface area contributed by atoms with Crippen LogP contribution in [0.2, 0.25) is 0 Å². The first kappa shape index (κ1) is 16.1. The van der Waals surface area contributed by atoms with Gasteiger partial charge in [0.2, 0.25) is 5.95 Å². The number of rotatable bonds is 6. The van der Waals surface area contributed by atoms with E-state index in [9.17, 15) is 4.39 Å². The van der Waals surface area contributed by atoms with E-state index < -0.39 is 0 Å². The first-order valence-electron chi connectivity index (χ1n) is 7.90. The Bertz CT molecular complexity index is 794. The molecule has 24 heavy (non-hydrogen) atoms. The zero-order valence-electron chi connectivity index (χ0n) is 13.8. The molecule has 3 rings (SSSR count). The zero-order chi connectivity index (χ0) is 16.9. The maximum absolute atomic E-state index is 13.0. The predicted molar refractivity (Wildman–Crippen MR) is 93.5 cm³/mol. The second-order valence-corrected chi connectivity index (χ2v) is 5.46. The van der Waals surface area contributed by atoms with E-state index in [1.54, 1.807) is 18.3 Å². The molecule has 1 aromatic heterocycles. The summed E-state index contributed by atoms with van der Waals surface area (Å²) in [5, 5.41) is 3.32. The van der Waals surface area contributed by atoms with Gasteiger partial charge in [0, 0.05) is 19.2 Å². The second-order valence-electron chi connectivity index (χ2n) is 5.46.